The van der Waals surface area contributed by atoms with Gasteiger partial charge in [0.05, 0.1) is 11.6 Å². The summed E-state index contributed by atoms with van der Waals surface area (Å²) in [7, 11) is 1.62. The van der Waals surface area contributed by atoms with Crippen molar-refractivity contribution < 1.29 is 14.2 Å². The van der Waals surface area contributed by atoms with E-state index in [9.17, 15) is 9.50 Å². The summed E-state index contributed by atoms with van der Waals surface area (Å²) in [6.07, 6.45) is 0. The van der Waals surface area contributed by atoms with E-state index >= 15 is 0 Å². The first kappa shape index (κ1) is 15.8. The average Bonchev–Trinajstić information content (AvgIpc) is 2.43. The van der Waals surface area contributed by atoms with Crippen LogP contribution in [0.1, 0.15) is 24.1 Å². The molecule has 21 heavy (non-hydrogen) atoms. The number of phenols is 1. The molecular weight excluding hydrogens is 337 g/mol. The third-order valence-corrected chi connectivity index (χ3v) is 3.85. The van der Waals surface area contributed by atoms with E-state index in [0.29, 0.717) is 12.1 Å². The van der Waals surface area contributed by atoms with E-state index in [1.54, 1.807) is 13.2 Å². The number of hydrogen-bond donors (Lipinski definition) is 2. The molecule has 2 N–H and O–H groups in total. The van der Waals surface area contributed by atoms with Crippen molar-refractivity contribution in [2.75, 3.05) is 7.11 Å². The molecule has 2 rings (SSSR count). The van der Waals surface area contributed by atoms with Gasteiger partial charge in [0.15, 0.2) is 0 Å². The molecule has 0 fully saturated rings. The van der Waals surface area contributed by atoms with Crippen LogP contribution in [-0.4, -0.2) is 12.2 Å². The summed E-state index contributed by atoms with van der Waals surface area (Å²) >= 11 is 3.46. The van der Waals surface area contributed by atoms with Crippen LogP contribution < -0.4 is 10.1 Å². The number of methoxy groups -OCH3 is 1. The van der Waals surface area contributed by atoms with E-state index in [0.717, 1.165) is 21.9 Å². The lowest BCUT2D eigenvalue weighted by Crippen LogP contribution is -2.18. The zero-order chi connectivity index (χ0) is 15.4. The summed E-state index contributed by atoms with van der Waals surface area (Å²) in [4.78, 5) is 0. The zero-order valence-corrected chi connectivity index (χ0v) is 13.4. The van der Waals surface area contributed by atoms with Crippen molar-refractivity contribution in [3.63, 3.8) is 0 Å². The summed E-state index contributed by atoms with van der Waals surface area (Å²) in [5.41, 5.74) is 1.79. The molecular formula is C16H17BrFNO2. The summed E-state index contributed by atoms with van der Waals surface area (Å²) < 4.78 is 19.3. The number of rotatable bonds is 5. The van der Waals surface area contributed by atoms with E-state index in [2.05, 4.69) is 21.2 Å². The molecule has 1 atom stereocenters. The molecule has 0 aliphatic rings. The Bertz CT molecular complexity index is 613. The zero-order valence-electron chi connectivity index (χ0n) is 11.9. The fourth-order valence-corrected chi connectivity index (χ4v) is 2.63. The Morgan fingerprint density at radius 3 is 2.67 bits per heavy atom. The third kappa shape index (κ3) is 4.19. The topological polar surface area (TPSA) is 41.5 Å². The Balaban J connectivity index is 2.04. The lowest BCUT2D eigenvalue weighted by Gasteiger charge is -2.16. The molecule has 0 aliphatic carbocycles. The molecule has 0 aromatic heterocycles. The average molecular weight is 354 g/mol. The van der Waals surface area contributed by atoms with Crippen LogP contribution in [0.15, 0.2) is 40.9 Å². The first-order valence-electron chi connectivity index (χ1n) is 6.55. The van der Waals surface area contributed by atoms with E-state index in [-0.39, 0.29) is 11.8 Å². The second-order valence-electron chi connectivity index (χ2n) is 4.81. The Labute approximate surface area is 131 Å². The minimum atomic E-state index is -0.438. The molecule has 5 heteroatoms. The van der Waals surface area contributed by atoms with Crippen molar-refractivity contribution in [3.05, 3.63) is 57.8 Å². The van der Waals surface area contributed by atoms with Gasteiger partial charge in [-0.15, -0.1) is 0 Å². The van der Waals surface area contributed by atoms with Gasteiger partial charge in [-0.2, -0.15) is 0 Å². The molecule has 0 heterocycles. The molecule has 3 nitrogen and oxygen atoms in total. The molecule has 2 aromatic rings. The van der Waals surface area contributed by atoms with Crippen molar-refractivity contribution in [3.8, 4) is 11.5 Å². The van der Waals surface area contributed by atoms with Gasteiger partial charge >= 0.3 is 0 Å². The molecule has 112 valence electrons. The first-order chi connectivity index (χ1) is 9.99. The molecule has 0 saturated heterocycles. The number of phenolic OH excluding ortho intramolecular Hbond substituents is 1. The van der Waals surface area contributed by atoms with Crippen molar-refractivity contribution in [2.24, 2.45) is 0 Å². The maximum Gasteiger partial charge on any atom is 0.133 e. The highest BCUT2D eigenvalue weighted by Gasteiger charge is 2.09. The number of ether oxygens (including phenoxy) is 1. The first-order valence-corrected chi connectivity index (χ1v) is 7.34. The summed E-state index contributed by atoms with van der Waals surface area (Å²) in [5, 5.41) is 12.7. The van der Waals surface area contributed by atoms with Crippen molar-refractivity contribution >= 4 is 15.9 Å². The Kier molecular flexibility index (Phi) is 5.20. The van der Waals surface area contributed by atoms with Gasteiger partial charge in [0, 0.05) is 18.7 Å². The lowest BCUT2D eigenvalue weighted by atomic mass is 10.1. The monoisotopic (exact) mass is 353 g/mol. The lowest BCUT2D eigenvalue weighted by molar-refractivity contribution is 0.411. The van der Waals surface area contributed by atoms with E-state index in [1.807, 2.05) is 25.1 Å². The van der Waals surface area contributed by atoms with Gasteiger partial charge in [-0.1, -0.05) is 6.07 Å². The predicted molar refractivity (Wildman–Crippen MR) is 84.0 cm³/mol. The third-order valence-electron chi connectivity index (χ3n) is 3.23. The van der Waals surface area contributed by atoms with Crippen molar-refractivity contribution in [1.82, 2.24) is 5.32 Å². The molecule has 0 amide bonds. The van der Waals surface area contributed by atoms with Crippen LogP contribution in [-0.2, 0) is 6.54 Å². The maximum absolute atomic E-state index is 13.2. The highest BCUT2D eigenvalue weighted by Crippen LogP contribution is 2.28. The standard InChI is InChI=1S/C16H17BrFNO2/c1-10(12-3-4-16(21-2)15(17)7-12)19-9-11-5-13(18)8-14(20)6-11/h3-8,10,19-20H,9H2,1-2H3. The fraction of sp³-hybridized carbons (Fsp3) is 0.250. The second-order valence-corrected chi connectivity index (χ2v) is 5.67. The smallest absolute Gasteiger partial charge is 0.133 e. The van der Waals surface area contributed by atoms with Gasteiger partial charge in [-0.3, -0.25) is 0 Å². The number of aromatic hydroxyl groups is 1. The molecule has 0 aliphatic heterocycles. The van der Waals surface area contributed by atoms with Crippen LogP contribution in [0.5, 0.6) is 11.5 Å². The molecule has 1 unspecified atom stereocenters. The van der Waals surface area contributed by atoms with Crippen LogP contribution in [0.25, 0.3) is 0 Å². The van der Waals surface area contributed by atoms with E-state index in [4.69, 9.17) is 4.74 Å². The molecule has 2 aromatic carbocycles. The number of hydrogen-bond acceptors (Lipinski definition) is 3. The van der Waals surface area contributed by atoms with Gasteiger partial charge in [-0.25, -0.2) is 4.39 Å². The predicted octanol–water partition coefficient (Wildman–Crippen LogP) is 4.15. The van der Waals surface area contributed by atoms with Crippen LogP contribution in [0, 0.1) is 5.82 Å². The summed E-state index contributed by atoms with van der Waals surface area (Å²) in [6, 6.07) is 9.98. The normalized spacial score (nSPS) is 12.2. The Morgan fingerprint density at radius 2 is 2.05 bits per heavy atom. The van der Waals surface area contributed by atoms with Gasteiger partial charge in [0.25, 0.3) is 0 Å². The Morgan fingerprint density at radius 1 is 1.29 bits per heavy atom. The Hall–Kier alpha value is -1.59. The summed E-state index contributed by atoms with van der Waals surface area (Å²) in [5.74, 6) is 0.277. The SMILES string of the molecule is COc1ccc(C(C)NCc2cc(O)cc(F)c2)cc1Br. The van der Waals surface area contributed by atoms with Gasteiger partial charge in [0.1, 0.15) is 17.3 Å². The highest BCUT2D eigenvalue weighted by molar-refractivity contribution is 9.10. The minimum absolute atomic E-state index is 0.0633. The fourth-order valence-electron chi connectivity index (χ4n) is 2.08. The largest absolute Gasteiger partial charge is 0.508 e. The van der Waals surface area contributed by atoms with Gasteiger partial charge < -0.3 is 15.2 Å². The molecule has 0 bridgehead atoms. The van der Waals surface area contributed by atoms with Crippen LogP contribution in [0.2, 0.25) is 0 Å². The second kappa shape index (κ2) is 6.91. The number of halogens is 2. The molecule has 0 radical (unpaired) electrons. The van der Waals surface area contributed by atoms with Gasteiger partial charge in [-0.05, 0) is 58.2 Å². The minimum Gasteiger partial charge on any atom is -0.508 e. The summed E-state index contributed by atoms with van der Waals surface area (Å²) in [6.45, 7) is 2.49. The molecule has 0 spiro atoms. The van der Waals surface area contributed by atoms with Gasteiger partial charge in [0.2, 0.25) is 0 Å². The van der Waals surface area contributed by atoms with E-state index < -0.39 is 5.82 Å². The highest BCUT2D eigenvalue weighted by atomic mass is 79.9. The van der Waals surface area contributed by atoms with Crippen LogP contribution in [0.3, 0.4) is 0 Å². The maximum atomic E-state index is 13.2. The number of nitrogens with one attached hydrogen (secondary N) is 1. The number of benzene rings is 2. The van der Waals surface area contributed by atoms with Crippen molar-refractivity contribution in [1.29, 1.82) is 0 Å². The molecule has 0 saturated carbocycles. The van der Waals surface area contributed by atoms with Crippen LogP contribution in [0.4, 0.5) is 4.39 Å². The van der Waals surface area contributed by atoms with Crippen LogP contribution >= 0.6 is 15.9 Å². The van der Waals surface area contributed by atoms with E-state index in [1.165, 1.54) is 6.07 Å². The quantitative estimate of drug-likeness (QED) is 0.848. The van der Waals surface area contributed by atoms with Crippen molar-refractivity contribution in [2.45, 2.75) is 19.5 Å².